The van der Waals surface area contributed by atoms with Crippen LogP contribution in [0.1, 0.15) is 6.42 Å². The Labute approximate surface area is 132 Å². The van der Waals surface area contributed by atoms with Gasteiger partial charge in [-0.3, -0.25) is 10.2 Å². The molecule has 1 amide bonds. The molecule has 23 heavy (non-hydrogen) atoms. The van der Waals surface area contributed by atoms with E-state index in [2.05, 4.69) is 20.7 Å². The summed E-state index contributed by atoms with van der Waals surface area (Å²) in [6.07, 6.45) is 0.252. The first kappa shape index (κ1) is 13.4. The van der Waals surface area contributed by atoms with Crippen molar-refractivity contribution in [2.45, 2.75) is 13.1 Å². The Bertz CT molecular complexity index is 886. The van der Waals surface area contributed by atoms with Crippen molar-refractivity contribution >= 4 is 28.5 Å². The van der Waals surface area contributed by atoms with Gasteiger partial charge in [-0.05, 0) is 24.3 Å². The standard InChI is InChI=1S/C16H14N6O/c23-16-10-15(19-22(16)12-6-2-1-3-7-12)17-11-21-14-9-5-4-8-13(14)18-20-21/h1-9H,10-11H2,(H,17,19). The maximum atomic E-state index is 12.1. The summed E-state index contributed by atoms with van der Waals surface area (Å²) in [5, 5.41) is 9.69. The minimum atomic E-state index is -0.0293. The number of para-hydroxylation sites is 2. The molecule has 0 unspecified atom stereocenters. The number of aromatic nitrogens is 3. The molecule has 7 nitrogen and oxygen atoms in total. The van der Waals surface area contributed by atoms with E-state index in [0.29, 0.717) is 12.5 Å². The van der Waals surface area contributed by atoms with Gasteiger partial charge in [-0.25, -0.2) is 14.7 Å². The maximum Gasteiger partial charge on any atom is 0.253 e. The number of aliphatic imine (C=N–C) groups is 1. The van der Waals surface area contributed by atoms with Gasteiger partial charge < -0.3 is 0 Å². The average Bonchev–Trinajstić information content (AvgIpc) is 3.17. The van der Waals surface area contributed by atoms with Gasteiger partial charge in [0, 0.05) is 0 Å². The van der Waals surface area contributed by atoms with Crippen molar-refractivity contribution in [3.63, 3.8) is 0 Å². The Kier molecular flexibility index (Phi) is 3.23. The van der Waals surface area contributed by atoms with Crippen LogP contribution in [0.4, 0.5) is 5.69 Å². The lowest BCUT2D eigenvalue weighted by atomic mass is 10.3. The minimum Gasteiger partial charge on any atom is -0.278 e. The summed E-state index contributed by atoms with van der Waals surface area (Å²) >= 11 is 0. The van der Waals surface area contributed by atoms with E-state index in [1.165, 1.54) is 5.01 Å². The zero-order valence-corrected chi connectivity index (χ0v) is 12.3. The van der Waals surface area contributed by atoms with Crippen molar-refractivity contribution in [3.05, 3.63) is 54.6 Å². The molecule has 0 aliphatic carbocycles. The highest BCUT2D eigenvalue weighted by atomic mass is 16.2. The molecule has 2 aromatic carbocycles. The van der Waals surface area contributed by atoms with Crippen LogP contribution in [0.15, 0.2) is 59.6 Å². The summed E-state index contributed by atoms with van der Waals surface area (Å²) in [5.74, 6) is 0.594. The fraction of sp³-hybridized carbons (Fsp3) is 0.125. The molecular weight excluding hydrogens is 292 g/mol. The average molecular weight is 306 g/mol. The third-order valence-corrected chi connectivity index (χ3v) is 3.64. The monoisotopic (exact) mass is 306 g/mol. The second-order valence-corrected chi connectivity index (χ2v) is 5.18. The van der Waals surface area contributed by atoms with Crippen molar-refractivity contribution in [1.82, 2.24) is 20.4 Å². The number of benzene rings is 2. The number of amidine groups is 1. The van der Waals surface area contributed by atoms with Gasteiger partial charge in [0.1, 0.15) is 18.0 Å². The first-order valence-corrected chi connectivity index (χ1v) is 7.27. The minimum absolute atomic E-state index is 0.0293. The van der Waals surface area contributed by atoms with Crippen molar-refractivity contribution in [3.8, 4) is 0 Å². The third kappa shape index (κ3) is 2.52. The van der Waals surface area contributed by atoms with Crippen molar-refractivity contribution in [1.29, 1.82) is 0 Å². The molecule has 2 heterocycles. The van der Waals surface area contributed by atoms with E-state index in [9.17, 15) is 4.79 Å². The molecule has 1 aliphatic heterocycles. The first-order valence-electron chi connectivity index (χ1n) is 7.27. The number of anilines is 1. The van der Waals surface area contributed by atoms with Gasteiger partial charge in [-0.1, -0.05) is 35.5 Å². The molecule has 114 valence electrons. The van der Waals surface area contributed by atoms with E-state index < -0.39 is 0 Å². The molecule has 1 fully saturated rings. The number of amides is 1. The molecule has 7 heteroatoms. The fourth-order valence-electron chi connectivity index (χ4n) is 2.50. The molecule has 1 saturated heterocycles. The van der Waals surface area contributed by atoms with Gasteiger partial charge in [-0.15, -0.1) is 5.10 Å². The lowest BCUT2D eigenvalue weighted by molar-refractivity contribution is -0.116. The van der Waals surface area contributed by atoms with Gasteiger partial charge in [0.25, 0.3) is 5.91 Å². The topological polar surface area (TPSA) is 75.4 Å². The molecule has 4 rings (SSSR count). The molecule has 3 aromatic rings. The lowest BCUT2D eigenvalue weighted by Crippen LogP contribution is -2.35. The molecular formula is C16H14N6O. The summed E-state index contributed by atoms with van der Waals surface area (Å²) in [6, 6.07) is 17.1. The van der Waals surface area contributed by atoms with Crippen molar-refractivity contribution < 1.29 is 4.79 Å². The highest BCUT2D eigenvalue weighted by Gasteiger charge is 2.26. The number of carbonyl (C=O) groups excluding carboxylic acids is 1. The van der Waals surface area contributed by atoms with Crippen LogP contribution < -0.4 is 10.4 Å². The second kappa shape index (κ2) is 5.53. The van der Waals surface area contributed by atoms with Crippen LogP contribution in [0, 0.1) is 0 Å². The van der Waals surface area contributed by atoms with Crippen LogP contribution in [0.2, 0.25) is 0 Å². The largest absolute Gasteiger partial charge is 0.278 e. The van der Waals surface area contributed by atoms with Gasteiger partial charge in [-0.2, -0.15) is 0 Å². The van der Waals surface area contributed by atoms with Crippen LogP contribution in [0.25, 0.3) is 11.0 Å². The predicted octanol–water partition coefficient (Wildman–Crippen LogP) is 1.73. The quantitative estimate of drug-likeness (QED) is 0.799. The van der Waals surface area contributed by atoms with E-state index in [1.807, 2.05) is 54.6 Å². The third-order valence-electron chi connectivity index (χ3n) is 3.64. The Morgan fingerprint density at radius 3 is 2.74 bits per heavy atom. The Balaban J connectivity index is 1.53. The van der Waals surface area contributed by atoms with Crippen LogP contribution in [0.3, 0.4) is 0 Å². The Hall–Kier alpha value is -3.22. The normalized spacial score (nSPS) is 16.3. The number of fused-ring (bicyclic) bond motifs is 1. The van der Waals surface area contributed by atoms with E-state index in [0.717, 1.165) is 16.7 Å². The molecule has 1 aromatic heterocycles. The number of rotatable bonds is 3. The molecule has 0 bridgehead atoms. The number of hydrazine groups is 1. The maximum absolute atomic E-state index is 12.1. The number of hydrogen-bond donors (Lipinski definition) is 1. The SMILES string of the molecule is O=C1C/C(=N\Cn2nnc3ccccc32)NN1c1ccccc1. The molecule has 0 radical (unpaired) electrons. The molecule has 0 saturated carbocycles. The smallest absolute Gasteiger partial charge is 0.253 e. The van der Waals surface area contributed by atoms with E-state index in [-0.39, 0.29) is 12.3 Å². The Morgan fingerprint density at radius 1 is 1.09 bits per heavy atom. The number of hydrogen-bond acceptors (Lipinski definition) is 4. The summed E-state index contributed by atoms with van der Waals surface area (Å²) in [6.45, 7) is 0.318. The van der Waals surface area contributed by atoms with Gasteiger partial charge in [0.05, 0.1) is 17.6 Å². The zero-order chi connectivity index (χ0) is 15.6. The second-order valence-electron chi connectivity index (χ2n) is 5.18. The molecule has 1 aliphatic rings. The van der Waals surface area contributed by atoms with Gasteiger partial charge in [0.2, 0.25) is 0 Å². The highest BCUT2D eigenvalue weighted by molar-refractivity contribution is 6.13. The van der Waals surface area contributed by atoms with Crippen LogP contribution in [-0.2, 0) is 11.5 Å². The predicted molar refractivity (Wildman–Crippen MR) is 86.6 cm³/mol. The molecule has 1 N–H and O–H groups in total. The van der Waals surface area contributed by atoms with E-state index in [1.54, 1.807) is 4.68 Å². The fourth-order valence-corrected chi connectivity index (χ4v) is 2.50. The molecule has 0 atom stereocenters. The van der Waals surface area contributed by atoms with Crippen molar-refractivity contribution in [2.24, 2.45) is 4.99 Å². The summed E-state index contributed by atoms with van der Waals surface area (Å²) in [4.78, 5) is 16.6. The van der Waals surface area contributed by atoms with Gasteiger partial charge >= 0.3 is 0 Å². The first-order chi connectivity index (χ1) is 11.3. The summed E-state index contributed by atoms with van der Waals surface area (Å²) in [7, 11) is 0. The van der Waals surface area contributed by atoms with Crippen LogP contribution in [-0.4, -0.2) is 26.7 Å². The number of nitrogens with zero attached hydrogens (tertiary/aromatic N) is 5. The van der Waals surface area contributed by atoms with Gasteiger partial charge in [0.15, 0.2) is 0 Å². The number of carbonyl (C=O) groups is 1. The Morgan fingerprint density at radius 2 is 1.87 bits per heavy atom. The molecule has 0 spiro atoms. The highest BCUT2D eigenvalue weighted by Crippen LogP contribution is 2.16. The zero-order valence-electron chi connectivity index (χ0n) is 12.3. The van der Waals surface area contributed by atoms with Crippen LogP contribution in [0.5, 0.6) is 0 Å². The number of nitrogens with one attached hydrogen (secondary N) is 1. The summed E-state index contributed by atoms with van der Waals surface area (Å²) < 4.78 is 1.71. The van der Waals surface area contributed by atoms with Crippen LogP contribution >= 0.6 is 0 Å². The van der Waals surface area contributed by atoms with E-state index in [4.69, 9.17) is 0 Å². The lowest BCUT2D eigenvalue weighted by Gasteiger charge is -2.15. The van der Waals surface area contributed by atoms with E-state index >= 15 is 0 Å². The summed E-state index contributed by atoms with van der Waals surface area (Å²) in [5.41, 5.74) is 5.59. The van der Waals surface area contributed by atoms with Crippen molar-refractivity contribution in [2.75, 3.05) is 5.01 Å².